The number of hydrogen-bond donors (Lipinski definition) is 2. The minimum atomic E-state index is -0.507. The molecule has 1 fully saturated rings. The molecule has 26 heavy (non-hydrogen) atoms. The molecule has 0 aromatic heterocycles. The van der Waals surface area contributed by atoms with Crippen molar-refractivity contribution in [3.63, 3.8) is 0 Å². The van der Waals surface area contributed by atoms with Crippen LogP contribution in [0.2, 0.25) is 0 Å². The molecule has 1 saturated heterocycles. The number of amides is 3. The van der Waals surface area contributed by atoms with Gasteiger partial charge >= 0.3 is 6.03 Å². The molecule has 0 aliphatic carbocycles. The highest BCUT2D eigenvalue weighted by Crippen LogP contribution is 2.31. The van der Waals surface area contributed by atoms with Crippen LogP contribution in [-0.4, -0.2) is 64.9 Å². The quantitative estimate of drug-likeness (QED) is 0.775. The highest BCUT2D eigenvalue weighted by molar-refractivity contribution is 9.10. The zero-order valence-corrected chi connectivity index (χ0v) is 16.0. The van der Waals surface area contributed by atoms with Crippen molar-refractivity contribution in [2.75, 3.05) is 25.5 Å². The summed E-state index contributed by atoms with van der Waals surface area (Å²) in [6.07, 6.45) is 1.43. The van der Waals surface area contributed by atoms with Crippen molar-refractivity contribution in [1.82, 2.24) is 20.0 Å². The third kappa shape index (κ3) is 2.72. The lowest BCUT2D eigenvalue weighted by molar-refractivity contribution is -0.126. The van der Waals surface area contributed by atoms with E-state index in [0.717, 1.165) is 22.4 Å². The Morgan fingerprint density at radius 2 is 2.00 bits per heavy atom. The fraction of sp³-hybridized carbons (Fsp3) is 0.353. The molecular formula is C17H19BrN6O2. The molecule has 0 saturated carbocycles. The Morgan fingerprint density at radius 1 is 1.27 bits per heavy atom. The van der Waals surface area contributed by atoms with Crippen LogP contribution < -0.4 is 10.6 Å². The molecule has 136 valence electrons. The molecule has 4 rings (SSSR count). The molecule has 0 spiro atoms. The number of allylic oxidation sites excluding steroid dienone is 1. The molecular weight excluding hydrogens is 400 g/mol. The lowest BCUT2D eigenvalue weighted by Crippen LogP contribution is -2.62. The van der Waals surface area contributed by atoms with Crippen molar-refractivity contribution in [2.45, 2.75) is 19.1 Å². The second kappa shape index (κ2) is 6.31. The number of anilines is 1. The Bertz CT molecular complexity index is 821. The first-order chi connectivity index (χ1) is 12.5. The second-order valence-corrected chi connectivity index (χ2v) is 7.37. The lowest BCUT2D eigenvalue weighted by atomic mass is 10.1. The van der Waals surface area contributed by atoms with Crippen LogP contribution in [0, 0.1) is 0 Å². The Hall–Kier alpha value is -2.55. The average molecular weight is 419 g/mol. The van der Waals surface area contributed by atoms with E-state index < -0.39 is 18.2 Å². The number of nitrogens with one attached hydrogen (secondary N) is 2. The van der Waals surface area contributed by atoms with Crippen LogP contribution >= 0.6 is 15.9 Å². The van der Waals surface area contributed by atoms with E-state index in [1.165, 1.54) is 4.90 Å². The number of carbonyl (C=O) groups excluding carboxylic acids is 2. The van der Waals surface area contributed by atoms with Crippen molar-refractivity contribution in [2.24, 2.45) is 4.99 Å². The van der Waals surface area contributed by atoms with E-state index in [1.54, 1.807) is 7.05 Å². The molecule has 1 aromatic rings. The molecule has 0 radical (unpaired) electrons. The van der Waals surface area contributed by atoms with Gasteiger partial charge in [-0.25, -0.2) is 9.79 Å². The maximum atomic E-state index is 12.3. The largest absolute Gasteiger partial charge is 0.383 e. The van der Waals surface area contributed by atoms with Gasteiger partial charge in [0.25, 0.3) is 5.91 Å². The zero-order valence-electron chi connectivity index (χ0n) is 14.4. The summed E-state index contributed by atoms with van der Waals surface area (Å²) >= 11 is 3.42. The van der Waals surface area contributed by atoms with Crippen molar-refractivity contribution < 1.29 is 9.59 Å². The highest BCUT2D eigenvalue weighted by atomic mass is 79.9. The molecule has 1 aromatic carbocycles. The van der Waals surface area contributed by atoms with Gasteiger partial charge in [0.05, 0.1) is 0 Å². The van der Waals surface area contributed by atoms with Gasteiger partial charge < -0.3 is 20.0 Å². The lowest BCUT2D eigenvalue weighted by Gasteiger charge is -2.34. The van der Waals surface area contributed by atoms with E-state index in [1.807, 2.05) is 42.3 Å². The van der Waals surface area contributed by atoms with Crippen molar-refractivity contribution in [3.8, 4) is 0 Å². The molecule has 8 nitrogen and oxygen atoms in total. The molecule has 3 aliphatic heterocycles. The number of guanidine groups is 1. The molecule has 3 heterocycles. The summed E-state index contributed by atoms with van der Waals surface area (Å²) in [7, 11) is 1.65. The van der Waals surface area contributed by atoms with Gasteiger partial charge in [-0.05, 0) is 31.2 Å². The topological polar surface area (TPSA) is 80.3 Å². The third-order valence-corrected chi connectivity index (χ3v) is 5.31. The van der Waals surface area contributed by atoms with Crippen LogP contribution in [-0.2, 0) is 4.79 Å². The van der Waals surface area contributed by atoms with E-state index in [-0.39, 0.29) is 5.91 Å². The van der Waals surface area contributed by atoms with Crippen LogP contribution in [0.3, 0.4) is 0 Å². The van der Waals surface area contributed by atoms with Crippen LogP contribution in [0.1, 0.15) is 6.92 Å². The van der Waals surface area contributed by atoms with Crippen LogP contribution in [0.5, 0.6) is 0 Å². The van der Waals surface area contributed by atoms with Gasteiger partial charge in [-0.15, -0.1) is 0 Å². The van der Waals surface area contributed by atoms with Gasteiger partial charge in [-0.2, -0.15) is 0 Å². The summed E-state index contributed by atoms with van der Waals surface area (Å²) in [4.78, 5) is 34.2. The molecule has 0 bridgehead atoms. The maximum Gasteiger partial charge on any atom is 0.325 e. The summed E-state index contributed by atoms with van der Waals surface area (Å²) in [5, 5.41) is 5.76. The van der Waals surface area contributed by atoms with Crippen LogP contribution in [0.25, 0.3) is 0 Å². The number of imide groups is 1. The molecule has 2 N–H and O–H groups in total. The van der Waals surface area contributed by atoms with Gasteiger partial charge in [0, 0.05) is 42.2 Å². The number of rotatable bonds is 4. The molecule has 3 amide bonds. The van der Waals surface area contributed by atoms with Crippen molar-refractivity contribution in [1.29, 1.82) is 0 Å². The number of nitrogens with zero attached hydrogens (tertiary/aromatic N) is 4. The van der Waals surface area contributed by atoms with Crippen LogP contribution in [0.15, 0.2) is 45.6 Å². The Morgan fingerprint density at radius 3 is 2.73 bits per heavy atom. The Kier molecular flexibility index (Phi) is 4.10. The monoisotopic (exact) mass is 418 g/mol. The number of hydrogen-bond acceptors (Lipinski definition) is 6. The number of benzene rings is 1. The minimum Gasteiger partial charge on any atom is -0.383 e. The highest BCUT2D eigenvalue weighted by Gasteiger charge is 2.51. The number of carbonyl (C=O) groups is 2. The number of halogens is 1. The second-order valence-electron chi connectivity index (χ2n) is 6.46. The summed E-state index contributed by atoms with van der Waals surface area (Å²) in [5.41, 5.74) is 2.06. The zero-order chi connectivity index (χ0) is 18.4. The van der Waals surface area contributed by atoms with Gasteiger partial charge in [-0.1, -0.05) is 15.9 Å². The normalized spacial score (nSPS) is 24.2. The van der Waals surface area contributed by atoms with Gasteiger partial charge in [0.15, 0.2) is 12.2 Å². The Balaban J connectivity index is 1.46. The standard InChI is InChI=1S/C17H19BrN6O2/c1-10-9-24-13-14(22(2)17(26)21-15(13)25)20-16(24)23(10)8-7-19-12-5-3-11(18)4-6-12/h3-6,9,13-14,19H,7-8H2,1-2H3,(H,21,25,26). The van der Waals surface area contributed by atoms with Crippen molar-refractivity contribution in [3.05, 3.63) is 40.6 Å². The van der Waals surface area contributed by atoms with Crippen LogP contribution in [0.4, 0.5) is 10.5 Å². The number of likely N-dealkylation sites (N-methyl/N-ethyl adjacent to an activating group) is 1. The first-order valence-electron chi connectivity index (χ1n) is 8.35. The van der Waals surface area contributed by atoms with Gasteiger partial charge in [0.1, 0.15) is 0 Å². The van der Waals surface area contributed by atoms with E-state index in [2.05, 4.69) is 36.5 Å². The molecule has 2 atom stereocenters. The summed E-state index contributed by atoms with van der Waals surface area (Å²) < 4.78 is 1.04. The molecule has 9 heteroatoms. The van der Waals surface area contributed by atoms with Gasteiger partial charge in [0.2, 0.25) is 5.96 Å². The minimum absolute atomic E-state index is 0.310. The smallest absolute Gasteiger partial charge is 0.325 e. The predicted octanol–water partition coefficient (Wildman–Crippen LogP) is 1.59. The number of urea groups is 1. The molecule has 2 unspecified atom stereocenters. The number of aliphatic imine (C=N–C) groups is 1. The van der Waals surface area contributed by atoms with E-state index >= 15 is 0 Å². The first-order valence-corrected chi connectivity index (χ1v) is 9.14. The van der Waals surface area contributed by atoms with Gasteiger partial charge in [-0.3, -0.25) is 10.1 Å². The third-order valence-electron chi connectivity index (χ3n) is 4.78. The predicted molar refractivity (Wildman–Crippen MR) is 101 cm³/mol. The number of fused-ring (bicyclic) bond motifs is 3. The van der Waals surface area contributed by atoms with E-state index in [0.29, 0.717) is 12.5 Å². The first kappa shape index (κ1) is 16.9. The van der Waals surface area contributed by atoms with E-state index in [4.69, 9.17) is 0 Å². The van der Waals surface area contributed by atoms with E-state index in [9.17, 15) is 9.59 Å². The molecule has 3 aliphatic rings. The van der Waals surface area contributed by atoms with Crippen molar-refractivity contribution >= 4 is 39.5 Å². The summed E-state index contributed by atoms with van der Waals surface area (Å²) in [5.74, 6) is 0.405. The Labute approximate surface area is 159 Å². The average Bonchev–Trinajstić information content (AvgIpc) is 3.11. The fourth-order valence-corrected chi connectivity index (χ4v) is 3.67. The SMILES string of the molecule is CC1=CN2C(=NC3C2C(=O)NC(=O)N3C)N1CCNc1ccc(Br)cc1. The summed E-state index contributed by atoms with van der Waals surface area (Å²) in [6.45, 7) is 3.41. The fourth-order valence-electron chi connectivity index (χ4n) is 3.40. The summed E-state index contributed by atoms with van der Waals surface area (Å²) in [6, 6.07) is 7.08. The maximum absolute atomic E-state index is 12.3.